The molecule has 2 aromatic rings. The Morgan fingerprint density at radius 3 is 2.50 bits per heavy atom. The van der Waals surface area contributed by atoms with Crippen LogP contribution in [-0.4, -0.2) is 18.4 Å². The smallest absolute Gasteiger partial charge is 0.326 e. The highest BCUT2D eigenvalue weighted by atomic mass is 79.9. The van der Waals surface area contributed by atoms with Crippen molar-refractivity contribution in [2.45, 2.75) is 12.6 Å². The summed E-state index contributed by atoms with van der Waals surface area (Å²) in [6.45, 7) is 0.186. The van der Waals surface area contributed by atoms with Gasteiger partial charge in [-0.1, -0.05) is 22.0 Å². The van der Waals surface area contributed by atoms with Gasteiger partial charge < -0.3 is 10.2 Å². The molecule has 1 saturated heterocycles. The number of hydrogen-bond donors (Lipinski definition) is 1. The largest absolute Gasteiger partial charge is 0.416 e. The van der Waals surface area contributed by atoms with Gasteiger partial charge in [-0.3, -0.25) is 9.59 Å². The number of benzene rings is 2. The second-order valence-electron chi connectivity index (χ2n) is 5.95. The van der Waals surface area contributed by atoms with Gasteiger partial charge in [-0.25, -0.2) is 0 Å². The first kappa shape index (κ1) is 18.4. The van der Waals surface area contributed by atoms with Gasteiger partial charge in [0.1, 0.15) is 0 Å². The average molecular weight is 427 g/mol. The van der Waals surface area contributed by atoms with Gasteiger partial charge in [0.25, 0.3) is 0 Å². The molecule has 0 spiro atoms. The summed E-state index contributed by atoms with van der Waals surface area (Å²) in [4.78, 5) is 26.1. The van der Waals surface area contributed by atoms with E-state index >= 15 is 0 Å². The highest BCUT2D eigenvalue weighted by molar-refractivity contribution is 9.10. The van der Waals surface area contributed by atoms with E-state index in [1.807, 2.05) is 0 Å². The van der Waals surface area contributed by atoms with Crippen LogP contribution in [-0.2, 0) is 15.8 Å². The lowest BCUT2D eigenvalue weighted by Crippen LogP contribution is -2.28. The number of amides is 2. The molecule has 1 aliphatic rings. The fourth-order valence-corrected chi connectivity index (χ4v) is 3.04. The third kappa shape index (κ3) is 4.07. The van der Waals surface area contributed by atoms with E-state index in [1.165, 1.54) is 17.0 Å². The van der Waals surface area contributed by atoms with Crippen LogP contribution in [0, 0.1) is 5.92 Å². The number of anilines is 2. The van der Waals surface area contributed by atoms with Gasteiger partial charge in [0.05, 0.1) is 11.5 Å². The van der Waals surface area contributed by atoms with Gasteiger partial charge in [-0.05, 0) is 42.5 Å². The number of nitrogens with one attached hydrogen (secondary N) is 1. The highest BCUT2D eigenvalue weighted by Gasteiger charge is 2.35. The van der Waals surface area contributed by atoms with Crippen LogP contribution in [0.4, 0.5) is 24.5 Å². The average Bonchev–Trinajstić information content (AvgIpc) is 2.97. The Labute approximate surface area is 156 Å². The van der Waals surface area contributed by atoms with Gasteiger partial charge in [-0.15, -0.1) is 0 Å². The Morgan fingerprint density at radius 1 is 1.15 bits per heavy atom. The van der Waals surface area contributed by atoms with E-state index in [0.29, 0.717) is 5.69 Å². The Kier molecular flexibility index (Phi) is 5.04. The van der Waals surface area contributed by atoms with E-state index in [9.17, 15) is 22.8 Å². The van der Waals surface area contributed by atoms with Gasteiger partial charge in [0, 0.05) is 28.8 Å². The maximum absolute atomic E-state index is 12.8. The summed E-state index contributed by atoms with van der Waals surface area (Å²) in [5.74, 6) is -1.30. The summed E-state index contributed by atoms with van der Waals surface area (Å²) in [6.07, 6.45) is -4.47. The first-order valence-electron chi connectivity index (χ1n) is 7.78. The van der Waals surface area contributed by atoms with Crippen molar-refractivity contribution in [2.24, 2.45) is 5.92 Å². The number of carbonyl (C=O) groups is 2. The molecule has 1 aliphatic heterocycles. The van der Waals surface area contributed by atoms with E-state index in [4.69, 9.17) is 0 Å². The second-order valence-corrected chi connectivity index (χ2v) is 6.87. The molecule has 0 saturated carbocycles. The zero-order valence-corrected chi connectivity index (χ0v) is 15.0. The summed E-state index contributed by atoms with van der Waals surface area (Å²) >= 11 is 3.31. The van der Waals surface area contributed by atoms with E-state index in [0.717, 1.165) is 16.6 Å². The molecule has 3 rings (SSSR count). The number of nitrogens with zero attached hydrogens (tertiary/aromatic N) is 1. The van der Waals surface area contributed by atoms with Crippen molar-refractivity contribution in [1.29, 1.82) is 0 Å². The first-order chi connectivity index (χ1) is 12.2. The molecule has 2 amide bonds. The van der Waals surface area contributed by atoms with Crippen LogP contribution >= 0.6 is 15.9 Å². The monoisotopic (exact) mass is 426 g/mol. The summed E-state index contributed by atoms with van der Waals surface area (Å²) in [5, 5.41) is 2.47. The van der Waals surface area contributed by atoms with Crippen LogP contribution in [0.15, 0.2) is 53.0 Å². The van der Waals surface area contributed by atoms with Gasteiger partial charge in [-0.2, -0.15) is 13.2 Å². The number of halogens is 4. The molecule has 8 heteroatoms. The molecule has 0 unspecified atom stereocenters. The first-order valence-corrected chi connectivity index (χ1v) is 8.57. The SMILES string of the molecule is O=C(Nc1cccc(C(F)(F)F)c1)[C@@H]1CC(=O)N(c2ccc(Br)cc2)C1. The summed E-state index contributed by atoms with van der Waals surface area (Å²) < 4.78 is 39.1. The zero-order valence-electron chi connectivity index (χ0n) is 13.4. The predicted molar refractivity (Wildman–Crippen MR) is 94.7 cm³/mol. The summed E-state index contributed by atoms with van der Waals surface area (Å²) in [6, 6.07) is 11.5. The molecular weight excluding hydrogens is 413 g/mol. The fraction of sp³-hybridized carbons (Fsp3) is 0.222. The van der Waals surface area contributed by atoms with Gasteiger partial charge in [0.15, 0.2) is 0 Å². The van der Waals surface area contributed by atoms with Crippen molar-refractivity contribution in [3.05, 3.63) is 58.6 Å². The third-order valence-corrected chi connectivity index (χ3v) is 4.62. The molecule has 1 N–H and O–H groups in total. The van der Waals surface area contributed by atoms with E-state index in [2.05, 4.69) is 21.2 Å². The quantitative estimate of drug-likeness (QED) is 0.787. The molecule has 1 atom stereocenters. The molecule has 2 aromatic carbocycles. The molecular formula is C18H14BrF3N2O2. The van der Waals surface area contributed by atoms with Crippen molar-refractivity contribution >= 4 is 39.1 Å². The molecule has 26 heavy (non-hydrogen) atoms. The van der Waals surface area contributed by atoms with Crippen LogP contribution in [0.5, 0.6) is 0 Å². The zero-order chi connectivity index (χ0) is 18.9. The number of alkyl halides is 3. The maximum atomic E-state index is 12.8. The fourth-order valence-electron chi connectivity index (χ4n) is 2.77. The van der Waals surface area contributed by atoms with E-state index in [-0.39, 0.29) is 24.6 Å². The Morgan fingerprint density at radius 2 is 1.85 bits per heavy atom. The summed E-state index contributed by atoms with van der Waals surface area (Å²) in [7, 11) is 0. The standard InChI is InChI=1S/C18H14BrF3N2O2/c19-13-4-6-15(7-5-13)24-10-11(8-16(24)25)17(26)23-14-3-1-2-12(9-14)18(20,21)22/h1-7,9,11H,8,10H2,(H,23,26)/t11-/m1/s1. The molecule has 1 fully saturated rings. The Balaban J connectivity index is 1.70. The topological polar surface area (TPSA) is 49.4 Å². The lowest BCUT2D eigenvalue weighted by Gasteiger charge is -2.17. The molecule has 136 valence electrons. The van der Waals surface area contributed by atoms with E-state index in [1.54, 1.807) is 24.3 Å². The van der Waals surface area contributed by atoms with Crippen molar-refractivity contribution in [1.82, 2.24) is 0 Å². The highest BCUT2D eigenvalue weighted by Crippen LogP contribution is 2.31. The van der Waals surface area contributed by atoms with Crippen molar-refractivity contribution in [2.75, 3.05) is 16.8 Å². The normalized spacial score (nSPS) is 17.5. The summed E-state index contributed by atoms with van der Waals surface area (Å²) in [5.41, 5.74) is -0.110. The van der Waals surface area contributed by atoms with Crippen LogP contribution in [0.25, 0.3) is 0 Å². The van der Waals surface area contributed by atoms with Crippen molar-refractivity contribution in [3.63, 3.8) is 0 Å². The molecule has 0 aliphatic carbocycles. The van der Waals surface area contributed by atoms with E-state index < -0.39 is 23.6 Å². The lowest BCUT2D eigenvalue weighted by atomic mass is 10.1. The minimum atomic E-state index is -4.48. The number of carbonyl (C=O) groups excluding carboxylic acids is 2. The van der Waals surface area contributed by atoms with Gasteiger partial charge >= 0.3 is 6.18 Å². The minimum absolute atomic E-state index is 0.0147. The van der Waals surface area contributed by atoms with Crippen LogP contribution in [0.2, 0.25) is 0 Å². The van der Waals surface area contributed by atoms with Crippen molar-refractivity contribution < 1.29 is 22.8 Å². The third-order valence-electron chi connectivity index (χ3n) is 4.09. The van der Waals surface area contributed by atoms with Crippen LogP contribution in [0.3, 0.4) is 0 Å². The molecule has 0 bridgehead atoms. The second kappa shape index (κ2) is 7.11. The Bertz CT molecular complexity index is 837. The Hall–Kier alpha value is -2.35. The van der Waals surface area contributed by atoms with Crippen LogP contribution < -0.4 is 10.2 Å². The lowest BCUT2D eigenvalue weighted by molar-refractivity contribution is -0.137. The number of rotatable bonds is 3. The predicted octanol–water partition coefficient (Wildman–Crippen LogP) is 4.46. The molecule has 4 nitrogen and oxygen atoms in total. The number of hydrogen-bond acceptors (Lipinski definition) is 2. The van der Waals surface area contributed by atoms with Crippen LogP contribution in [0.1, 0.15) is 12.0 Å². The van der Waals surface area contributed by atoms with Gasteiger partial charge in [0.2, 0.25) is 11.8 Å². The van der Waals surface area contributed by atoms with Crippen molar-refractivity contribution in [3.8, 4) is 0 Å². The molecule has 1 heterocycles. The minimum Gasteiger partial charge on any atom is -0.326 e. The molecule has 0 radical (unpaired) electrons. The maximum Gasteiger partial charge on any atom is 0.416 e. The molecule has 0 aromatic heterocycles.